The molecular formula is C15H19FN2O2. The third kappa shape index (κ3) is 2.28. The lowest BCUT2D eigenvalue weighted by atomic mass is 9.94. The number of anilines is 1. The van der Waals surface area contributed by atoms with Crippen molar-refractivity contribution >= 4 is 17.5 Å². The van der Waals surface area contributed by atoms with E-state index >= 15 is 0 Å². The molecule has 1 aliphatic rings. The van der Waals surface area contributed by atoms with Gasteiger partial charge in [-0.1, -0.05) is 13.0 Å². The van der Waals surface area contributed by atoms with E-state index in [-0.39, 0.29) is 11.8 Å². The number of amides is 2. The number of halogens is 1. The second-order valence-electron chi connectivity index (χ2n) is 5.64. The van der Waals surface area contributed by atoms with Gasteiger partial charge in [-0.3, -0.25) is 14.5 Å². The number of nitrogens with one attached hydrogen (secondary N) is 1. The molecule has 1 unspecified atom stereocenters. The number of piperazine rings is 1. The number of carbonyl (C=O) groups excluding carboxylic acids is 2. The van der Waals surface area contributed by atoms with E-state index in [9.17, 15) is 14.0 Å². The fourth-order valence-corrected chi connectivity index (χ4v) is 2.49. The highest BCUT2D eigenvalue weighted by Gasteiger charge is 2.45. The van der Waals surface area contributed by atoms with Crippen LogP contribution in [0, 0.1) is 12.7 Å². The quantitative estimate of drug-likeness (QED) is 0.901. The maximum atomic E-state index is 13.5. The first-order valence-electron chi connectivity index (χ1n) is 6.69. The highest BCUT2D eigenvalue weighted by Crippen LogP contribution is 2.30. The van der Waals surface area contributed by atoms with Crippen LogP contribution in [0.4, 0.5) is 10.1 Å². The summed E-state index contributed by atoms with van der Waals surface area (Å²) in [6.07, 6.45) is 0.476. The van der Waals surface area contributed by atoms with E-state index in [1.165, 1.54) is 17.0 Å². The minimum atomic E-state index is -0.985. The van der Waals surface area contributed by atoms with Crippen molar-refractivity contribution in [2.24, 2.45) is 0 Å². The number of nitrogens with zero attached hydrogens (tertiary/aromatic N) is 1. The molecule has 0 aliphatic carbocycles. The van der Waals surface area contributed by atoms with Gasteiger partial charge in [-0.25, -0.2) is 4.39 Å². The Morgan fingerprint density at radius 3 is 2.60 bits per heavy atom. The van der Waals surface area contributed by atoms with Gasteiger partial charge in [-0.2, -0.15) is 0 Å². The Morgan fingerprint density at radius 1 is 1.35 bits per heavy atom. The van der Waals surface area contributed by atoms with Crippen molar-refractivity contribution in [1.82, 2.24) is 5.32 Å². The average molecular weight is 278 g/mol. The van der Waals surface area contributed by atoms with Gasteiger partial charge >= 0.3 is 0 Å². The van der Waals surface area contributed by atoms with Gasteiger partial charge in [0.2, 0.25) is 5.91 Å². The van der Waals surface area contributed by atoms with E-state index in [2.05, 4.69) is 5.32 Å². The van der Waals surface area contributed by atoms with Crippen LogP contribution in [0.25, 0.3) is 0 Å². The van der Waals surface area contributed by atoms with Gasteiger partial charge in [-0.05, 0) is 44.9 Å². The Kier molecular flexibility index (Phi) is 3.54. The van der Waals surface area contributed by atoms with Crippen molar-refractivity contribution in [2.75, 3.05) is 4.90 Å². The van der Waals surface area contributed by atoms with Crippen LogP contribution in [0.1, 0.15) is 32.8 Å². The van der Waals surface area contributed by atoms with Crippen molar-refractivity contribution < 1.29 is 14.0 Å². The van der Waals surface area contributed by atoms with Crippen LogP contribution in [0.15, 0.2) is 18.2 Å². The van der Waals surface area contributed by atoms with Crippen LogP contribution < -0.4 is 10.2 Å². The molecule has 2 amide bonds. The zero-order valence-corrected chi connectivity index (χ0v) is 12.2. The Morgan fingerprint density at radius 2 is 2.00 bits per heavy atom. The van der Waals surface area contributed by atoms with Crippen molar-refractivity contribution in [1.29, 1.82) is 0 Å². The molecule has 1 aromatic rings. The molecular weight excluding hydrogens is 259 g/mol. The van der Waals surface area contributed by atoms with E-state index in [1.54, 1.807) is 26.8 Å². The maximum absolute atomic E-state index is 13.5. The Balaban J connectivity index is 2.57. The Hall–Kier alpha value is -1.91. The first kappa shape index (κ1) is 14.5. The van der Waals surface area contributed by atoms with Crippen LogP contribution >= 0.6 is 0 Å². The van der Waals surface area contributed by atoms with Gasteiger partial charge in [0.05, 0.1) is 5.69 Å². The molecule has 1 N–H and O–H groups in total. The molecule has 0 aromatic heterocycles. The van der Waals surface area contributed by atoms with Gasteiger partial charge in [0.25, 0.3) is 5.91 Å². The summed E-state index contributed by atoms with van der Waals surface area (Å²) in [6.45, 7) is 6.94. The Bertz CT molecular complexity index is 569. The lowest BCUT2D eigenvalue weighted by molar-refractivity contribution is -0.137. The standard InChI is InChI=1S/C15H19FN2O2/c1-5-11-13(19)17-15(3,4)14(20)18(11)12-8-10(16)7-6-9(12)2/h6-8,11H,5H2,1-4H3,(H,17,19). The first-order chi connectivity index (χ1) is 9.27. The van der Waals surface area contributed by atoms with Crippen molar-refractivity contribution in [3.63, 3.8) is 0 Å². The molecule has 0 radical (unpaired) electrons. The molecule has 1 aliphatic heterocycles. The van der Waals surface area contributed by atoms with Crippen LogP contribution in [0.2, 0.25) is 0 Å². The third-order valence-corrected chi connectivity index (χ3v) is 3.62. The monoisotopic (exact) mass is 278 g/mol. The van der Waals surface area contributed by atoms with Crippen molar-refractivity contribution in [3.8, 4) is 0 Å². The second kappa shape index (κ2) is 4.89. The molecule has 5 heteroatoms. The summed E-state index contributed by atoms with van der Waals surface area (Å²) in [7, 11) is 0. The van der Waals surface area contributed by atoms with Crippen molar-refractivity contribution in [3.05, 3.63) is 29.6 Å². The maximum Gasteiger partial charge on any atom is 0.252 e. The van der Waals surface area contributed by atoms with Crippen LogP contribution in [0.3, 0.4) is 0 Å². The molecule has 1 saturated heterocycles. The number of benzene rings is 1. The number of hydrogen-bond acceptors (Lipinski definition) is 2. The average Bonchev–Trinajstić information content (AvgIpc) is 2.36. The predicted molar refractivity (Wildman–Crippen MR) is 74.9 cm³/mol. The van der Waals surface area contributed by atoms with Gasteiger partial charge in [0.1, 0.15) is 17.4 Å². The zero-order valence-electron chi connectivity index (χ0n) is 12.2. The summed E-state index contributed by atoms with van der Waals surface area (Å²) in [5.41, 5.74) is 0.245. The van der Waals surface area contributed by atoms with Crippen LogP contribution in [-0.2, 0) is 9.59 Å². The van der Waals surface area contributed by atoms with Crippen LogP contribution in [0.5, 0.6) is 0 Å². The van der Waals surface area contributed by atoms with E-state index in [1.807, 2.05) is 6.92 Å². The van der Waals surface area contributed by atoms with E-state index in [4.69, 9.17) is 0 Å². The molecule has 0 bridgehead atoms. The topological polar surface area (TPSA) is 49.4 Å². The van der Waals surface area contributed by atoms with Gasteiger partial charge in [0, 0.05) is 0 Å². The molecule has 1 atom stereocenters. The molecule has 1 heterocycles. The van der Waals surface area contributed by atoms with E-state index in [0.717, 1.165) is 5.56 Å². The summed E-state index contributed by atoms with van der Waals surface area (Å²) < 4.78 is 13.5. The summed E-state index contributed by atoms with van der Waals surface area (Å²) in [5.74, 6) is -0.851. The summed E-state index contributed by atoms with van der Waals surface area (Å²) in [4.78, 5) is 26.2. The fraction of sp³-hybridized carbons (Fsp3) is 0.467. The first-order valence-corrected chi connectivity index (χ1v) is 6.69. The molecule has 4 nitrogen and oxygen atoms in total. The fourth-order valence-electron chi connectivity index (χ4n) is 2.49. The zero-order chi connectivity index (χ0) is 15.1. The normalized spacial score (nSPS) is 21.9. The minimum Gasteiger partial charge on any atom is -0.340 e. The van der Waals surface area contributed by atoms with E-state index in [0.29, 0.717) is 12.1 Å². The Labute approximate surface area is 118 Å². The largest absolute Gasteiger partial charge is 0.340 e. The molecule has 2 rings (SSSR count). The molecule has 20 heavy (non-hydrogen) atoms. The molecule has 108 valence electrons. The number of aryl methyl sites for hydroxylation is 1. The molecule has 0 spiro atoms. The number of carbonyl (C=O) groups is 2. The lowest BCUT2D eigenvalue weighted by Crippen LogP contribution is -2.68. The molecule has 1 fully saturated rings. The lowest BCUT2D eigenvalue weighted by Gasteiger charge is -2.43. The summed E-state index contributed by atoms with van der Waals surface area (Å²) in [6, 6.07) is 3.67. The van der Waals surface area contributed by atoms with Gasteiger partial charge in [0.15, 0.2) is 0 Å². The van der Waals surface area contributed by atoms with Crippen molar-refractivity contribution in [2.45, 2.75) is 45.7 Å². The third-order valence-electron chi connectivity index (χ3n) is 3.62. The van der Waals surface area contributed by atoms with Crippen LogP contribution in [-0.4, -0.2) is 23.4 Å². The van der Waals surface area contributed by atoms with Gasteiger partial charge in [-0.15, -0.1) is 0 Å². The second-order valence-corrected chi connectivity index (χ2v) is 5.64. The van der Waals surface area contributed by atoms with E-state index < -0.39 is 17.4 Å². The number of rotatable bonds is 2. The highest BCUT2D eigenvalue weighted by molar-refractivity contribution is 6.10. The smallest absolute Gasteiger partial charge is 0.252 e. The summed E-state index contributed by atoms with van der Waals surface area (Å²) >= 11 is 0. The predicted octanol–water partition coefficient (Wildman–Crippen LogP) is 2.15. The summed E-state index contributed by atoms with van der Waals surface area (Å²) in [5, 5.41) is 2.72. The SMILES string of the molecule is CCC1C(=O)NC(C)(C)C(=O)N1c1cc(F)ccc1C. The molecule has 0 saturated carbocycles. The number of hydrogen-bond donors (Lipinski definition) is 1. The van der Waals surface area contributed by atoms with Gasteiger partial charge < -0.3 is 5.32 Å². The minimum absolute atomic E-state index is 0.208. The highest BCUT2D eigenvalue weighted by atomic mass is 19.1. The molecule has 1 aromatic carbocycles.